The second-order valence-electron chi connectivity index (χ2n) is 0.0452. The van der Waals surface area contributed by atoms with Gasteiger partial charge in [-0.3, -0.25) is 0 Å². The van der Waals surface area contributed by atoms with Crippen molar-refractivity contribution in [1.82, 2.24) is 0 Å². The van der Waals surface area contributed by atoms with Gasteiger partial charge in [0.25, 0.3) is 0 Å². The molecule has 0 radical (unpaired) electrons. The van der Waals surface area contributed by atoms with Gasteiger partial charge in [0.1, 0.15) is 0 Å². The first kappa shape index (κ1) is 9.40. The molecule has 0 bridgehead atoms. The molecule has 0 heterocycles. The van der Waals surface area contributed by atoms with Gasteiger partial charge in [0.15, 0.2) is 0 Å². The standard InChI is InChI=1S/CH4O.2ClH.Ni/c1-2;;;/h2H,1H3;2*1H;/q;;;+2/p-2. The maximum absolute atomic E-state index is 7.00. The Hall–Kier alpha value is 1.03. The number of halogens is 2. The van der Waals surface area contributed by atoms with E-state index in [4.69, 9.17) is 25.5 Å². The zero-order chi connectivity index (χ0) is 4.71. The van der Waals surface area contributed by atoms with Crippen LogP contribution in [-0.4, -0.2) is 12.2 Å². The van der Waals surface area contributed by atoms with Crippen LogP contribution in [0.3, 0.4) is 0 Å². The molecule has 0 amide bonds. The molecule has 0 aromatic rings. The van der Waals surface area contributed by atoms with Gasteiger partial charge in [-0.25, -0.2) is 0 Å². The average Bonchev–Trinajstić information content (AvgIpc) is 1.46. The normalized spacial score (nSPS) is 5.60. The summed E-state index contributed by atoms with van der Waals surface area (Å²) in [5.74, 6) is 0. The quantitative estimate of drug-likeness (QED) is 0.526. The van der Waals surface area contributed by atoms with E-state index in [9.17, 15) is 0 Å². The van der Waals surface area contributed by atoms with Crippen molar-refractivity contribution in [2.75, 3.05) is 7.11 Å². The molecule has 1 N–H and O–H groups in total. The zero-order valence-corrected chi connectivity index (χ0v) is 5.02. The van der Waals surface area contributed by atoms with Crippen LogP contribution in [0.1, 0.15) is 0 Å². The van der Waals surface area contributed by atoms with Crippen LogP contribution in [0.25, 0.3) is 0 Å². The summed E-state index contributed by atoms with van der Waals surface area (Å²) < 4.78 is 0. The maximum atomic E-state index is 7.00. The predicted molar refractivity (Wildman–Crippen MR) is 19.8 cm³/mol. The fraction of sp³-hybridized carbons (Fsp3) is 1.00. The molecule has 38 valence electrons. The molecule has 0 spiro atoms. The number of aliphatic hydroxyl groups excluding tert-OH is 1. The molecule has 0 rings (SSSR count). The van der Waals surface area contributed by atoms with Gasteiger partial charge >= 0.3 is 33.0 Å². The van der Waals surface area contributed by atoms with Crippen molar-refractivity contribution < 1.29 is 17.8 Å². The number of rotatable bonds is 0. The molecule has 0 saturated heterocycles. The van der Waals surface area contributed by atoms with Crippen LogP contribution in [0.4, 0.5) is 0 Å². The average molecular weight is 162 g/mol. The van der Waals surface area contributed by atoms with Crippen molar-refractivity contribution in [1.29, 1.82) is 0 Å². The van der Waals surface area contributed by atoms with Crippen LogP contribution in [0.5, 0.6) is 0 Å². The van der Waals surface area contributed by atoms with Crippen molar-refractivity contribution in [2.45, 2.75) is 0 Å². The first-order valence-corrected chi connectivity index (χ1v) is 3.40. The molecule has 0 fully saturated rings. The van der Waals surface area contributed by atoms with E-state index < -0.39 is 0 Å². The van der Waals surface area contributed by atoms with Gasteiger partial charge in [0.05, 0.1) is 0 Å². The Morgan fingerprint density at radius 1 is 1.40 bits per heavy atom. The number of aliphatic hydroxyl groups is 1. The first-order valence-electron chi connectivity index (χ1n) is 0.686. The van der Waals surface area contributed by atoms with Gasteiger partial charge in [-0.15, -0.1) is 0 Å². The SMILES string of the molecule is CO.[Cl][Ni][Cl]. The van der Waals surface area contributed by atoms with Crippen molar-refractivity contribution >= 4 is 20.4 Å². The zero-order valence-electron chi connectivity index (χ0n) is 2.52. The molecule has 5 heavy (non-hydrogen) atoms. The first-order chi connectivity index (χ1) is 2.41. The van der Waals surface area contributed by atoms with Crippen LogP contribution >= 0.6 is 20.4 Å². The molecule has 0 saturated carbocycles. The van der Waals surface area contributed by atoms with Crippen LogP contribution in [0.15, 0.2) is 0 Å². The molecule has 0 aliphatic heterocycles. The predicted octanol–water partition coefficient (Wildman–Crippen LogP) is 0.985. The molecule has 1 nitrogen and oxygen atoms in total. The van der Waals surface area contributed by atoms with Gasteiger partial charge in [0, 0.05) is 7.11 Å². The summed E-state index contributed by atoms with van der Waals surface area (Å²) in [6.07, 6.45) is 0. The molecule has 0 aromatic heterocycles. The second kappa shape index (κ2) is 19.8. The molecular formula is CH4Cl2NiO. The van der Waals surface area contributed by atoms with Crippen molar-refractivity contribution in [2.24, 2.45) is 0 Å². The molecule has 4 heteroatoms. The summed E-state index contributed by atoms with van der Waals surface area (Å²) in [6, 6.07) is 0. The summed E-state index contributed by atoms with van der Waals surface area (Å²) in [5, 5.41) is 7.00. The second-order valence-corrected chi connectivity index (χ2v) is 1.68. The third-order valence-corrected chi connectivity index (χ3v) is 0. The van der Waals surface area contributed by atoms with E-state index in [1.165, 1.54) is 0 Å². The number of hydrogen-bond donors (Lipinski definition) is 1. The summed E-state index contributed by atoms with van der Waals surface area (Å²) in [6.45, 7) is 0. The Morgan fingerprint density at radius 2 is 1.40 bits per heavy atom. The van der Waals surface area contributed by atoms with Gasteiger partial charge in [-0.1, -0.05) is 0 Å². The van der Waals surface area contributed by atoms with E-state index in [0.29, 0.717) is 12.7 Å². The topological polar surface area (TPSA) is 20.2 Å². The fourth-order valence-electron chi connectivity index (χ4n) is 0. The monoisotopic (exact) mass is 160 g/mol. The Labute approximate surface area is 45.6 Å². The fourth-order valence-corrected chi connectivity index (χ4v) is 0. The van der Waals surface area contributed by atoms with Crippen LogP contribution in [0.2, 0.25) is 0 Å². The van der Waals surface area contributed by atoms with E-state index in [-0.39, 0.29) is 0 Å². The van der Waals surface area contributed by atoms with Crippen LogP contribution in [-0.2, 0) is 12.7 Å². The van der Waals surface area contributed by atoms with Crippen molar-refractivity contribution in [3.63, 3.8) is 0 Å². The van der Waals surface area contributed by atoms with Gasteiger partial charge in [-0.2, -0.15) is 0 Å². The Morgan fingerprint density at radius 3 is 1.40 bits per heavy atom. The minimum atomic E-state index is 0.569. The van der Waals surface area contributed by atoms with E-state index in [1.807, 2.05) is 0 Å². The van der Waals surface area contributed by atoms with Crippen molar-refractivity contribution in [3.8, 4) is 0 Å². The molecule has 0 aliphatic carbocycles. The molecular weight excluding hydrogens is 158 g/mol. The Bertz CT molecular complexity index is 9.61. The van der Waals surface area contributed by atoms with E-state index in [2.05, 4.69) is 0 Å². The third kappa shape index (κ3) is 43.4. The summed E-state index contributed by atoms with van der Waals surface area (Å²) in [4.78, 5) is 0. The molecule has 0 aliphatic rings. The van der Waals surface area contributed by atoms with Gasteiger partial charge in [0.2, 0.25) is 0 Å². The third-order valence-electron chi connectivity index (χ3n) is 0. The Balaban J connectivity index is 0. The summed E-state index contributed by atoms with van der Waals surface area (Å²) in [5.41, 5.74) is 0. The summed E-state index contributed by atoms with van der Waals surface area (Å²) in [7, 11) is 10.4. The molecule has 0 atom stereocenters. The van der Waals surface area contributed by atoms with Gasteiger partial charge < -0.3 is 5.11 Å². The van der Waals surface area contributed by atoms with E-state index >= 15 is 0 Å². The molecule has 0 aromatic carbocycles. The minimum absolute atomic E-state index is 0.569. The van der Waals surface area contributed by atoms with Crippen LogP contribution in [0, 0.1) is 0 Å². The van der Waals surface area contributed by atoms with Crippen molar-refractivity contribution in [3.05, 3.63) is 0 Å². The van der Waals surface area contributed by atoms with E-state index in [1.54, 1.807) is 0 Å². The molecule has 0 unspecified atom stereocenters. The van der Waals surface area contributed by atoms with E-state index in [0.717, 1.165) is 7.11 Å². The summed E-state index contributed by atoms with van der Waals surface area (Å²) >= 11 is 0.569. The van der Waals surface area contributed by atoms with Crippen LogP contribution < -0.4 is 0 Å². The Kier molecular flexibility index (Phi) is 37.2. The number of hydrogen-bond acceptors (Lipinski definition) is 1. The van der Waals surface area contributed by atoms with Gasteiger partial charge in [-0.05, 0) is 0 Å².